The summed E-state index contributed by atoms with van der Waals surface area (Å²) in [5.41, 5.74) is 0.518. The standard InChI is InChI=1S/C13H17N3OS/c1-18-9-4-5-14-12(7-9)13(17)16-11-6-8-2-3-10(11)15-8/h4-5,7-8,10-11,15H,2-3,6H2,1H3,(H,16,17). The van der Waals surface area contributed by atoms with E-state index in [0.29, 0.717) is 17.8 Å². The first-order valence-electron chi connectivity index (χ1n) is 6.33. The molecule has 1 amide bonds. The van der Waals surface area contributed by atoms with Crippen LogP contribution in [0.4, 0.5) is 0 Å². The zero-order valence-electron chi connectivity index (χ0n) is 10.3. The van der Waals surface area contributed by atoms with E-state index in [0.717, 1.165) is 11.3 Å². The number of hydrogen-bond donors (Lipinski definition) is 2. The summed E-state index contributed by atoms with van der Waals surface area (Å²) in [7, 11) is 0. The Balaban J connectivity index is 1.67. The molecular weight excluding hydrogens is 246 g/mol. The molecule has 5 heteroatoms. The second-order valence-corrected chi connectivity index (χ2v) is 5.82. The largest absolute Gasteiger partial charge is 0.346 e. The number of carbonyl (C=O) groups excluding carboxylic acids is 1. The maximum atomic E-state index is 12.1. The first-order chi connectivity index (χ1) is 8.76. The van der Waals surface area contributed by atoms with Crippen LogP contribution in [0.25, 0.3) is 0 Å². The lowest BCUT2D eigenvalue weighted by Crippen LogP contribution is -2.43. The molecule has 3 atom stereocenters. The first-order valence-corrected chi connectivity index (χ1v) is 7.55. The molecule has 2 aliphatic heterocycles. The predicted octanol–water partition coefficient (Wildman–Crippen LogP) is 1.43. The quantitative estimate of drug-likeness (QED) is 0.810. The number of hydrogen-bond acceptors (Lipinski definition) is 4. The van der Waals surface area contributed by atoms with E-state index in [9.17, 15) is 4.79 Å². The Kier molecular flexibility index (Phi) is 3.26. The molecular formula is C13H17N3OS. The Bertz CT molecular complexity index is 465. The number of pyridine rings is 1. The molecule has 1 aromatic rings. The van der Waals surface area contributed by atoms with Gasteiger partial charge in [0.1, 0.15) is 5.69 Å². The Morgan fingerprint density at radius 1 is 1.56 bits per heavy atom. The molecule has 96 valence electrons. The van der Waals surface area contributed by atoms with Gasteiger partial charge in [-0.25, -0.2) is 0 Å². The van der Waals surface area contributed by atoms with Crippen LogP contribution < -0.4 is 10.6 Å². The third-order valence-electron chi connectivity index (χ3n) is 3.82. The highest BCUT2D eigenvalue weighted by Gasteiger charge is 2.39. The van der Waals surface area contributed by atoms with Crippen molar-refractivity contribution in [3.05, 3.63) is 24.0 Å². The van der Waals surface area contributed by atoms with Gasteiger partial charge in [-0.2, -0.15) is 0 Å². The van der Waals surface area contributed by atoms with Gasteiger partial charge in [0.05, 0.1) is 0 Å². The van der Waals surface area contributed by atoms with Gasteiger partial charge in [-0.1, -0.05) is 0 Å². The van der Waals surface area contributed by atoms with Gasteiger partial charge in [-0.05, 0) is 37.7 Å². The molecule has 2 fully saturated rings. The second-order valence-electron chi connectivity index (χ2n) is 4.94. The summed E-state index contributed by atoms with van der Waals surface area (Å²) in [5.74, 6) is -0.0507. The van der Waals surface area contributed by atoms with Gasteiger partial charge in [0, 0.05) is 29.2 Å². The summed E-state index contributed by atoms with van der Waals surface area (Å²) in [5, 5.41) is 6.62. The second kappa shape index (κ2) is 4.90. The molecule has 2 N–H and O–H groups in total. The summed E-state index contributed by atoms with van der Waals surface area (Å²) in [6.07, 6.45) is 7.17. The Morgan fingerprint density at radius 2 is 2.44 bits per heavy atom. The Morgan fingerprint density at radius 3 is 3.11 bits per heavy atom. The molecule has 3 unspecified atom stereocenters. The summed E-state index contributed by atoms with van der Waals surface area (Å²) in [4.78, 5) is 17.4. The topological polar surface area (TPSA) is 54.0 Å². The van der Waals surface area contributed by atoms with E-state index in [1.807, 2.05) is 18.4 Å². The molecule has 0 aliphatic carbocycles. The van der Waals surface area contributed by atoms with E-state index in [1.165, 1.54) is 12.8 Å². The van der Waals surface area contributed by atoms with Gasteiger partial charge in [0.25, 0.3) is 5.91 Å². The molecule has 3 rings (SSSR count). The summed E-state index contributed by atoms with van der Waals surface area (Å²) in [6.45, 7) is 0. The van der Waals surface area contributed by atoms with Gasteiger partial charge in [-0.15, -0.1) is 11.8 Å². The van der Waals surface area contributed by atoms with Crippen molar-refractivity contribution >= 4 is 17.7 Å². The number of nitrogens with one attached hydrogen (secondary N) is 2. The molecule has 2 bridgehead atoms. The van der Waals surface area contributed by atoms with Crippen LogP contribution in [0.3, 0.4) is 0 Å². The van der Waals surface area contributed by atoms with Crippen molar-refractivity contribution < 1.29 is 4.79 Å². The highest BCUT2D eigenvalue weighted by molar-refractivity contribution is 7.98. The van der Waals surface area contributed by atoms with Gasteiger partial charge in [0.2, 0.25) is 0 Å². The molecule has 1 aromatic heterocycles. The van der Waals surface area contributed by atoms with Crippen LogP contribution in [0.2, 0.25) is 0 Å². The zero-order chi connectivity index (χ0) is 12.5. The lowest BCUT2D eigenvalue weighted by Gasteiger charge is -2.21. The number of nitrogens with zero attached hydrogens (tertiary/aromatic N) is 1. The molecule has 0 spiro atoms. The number of amides is 1. The Labute approximate surface area is 111 Å². The van der Waals surface area contributed by atoms with Gasteiger partial charge in [-0.3, -0.25) is 9.78 Å². The molecule has 2 aliphatic rings. The van der Waals surface area contributed by atoms with Crippen molar-refractivity contribution in [1.29, 1.82) is 0 Å². The minimum atomic E-state index is -0.0507. The van der Waals surface area contributed by atoms with Crippen molar-refractivity contribution in [1.82, 2.24) is 15.6 Å². The van der Waals surface area contributed by atoms with Crippen LogP contribution in [-0.4, -0.2) is 35.3 Å². The minimum absolute atomic E-state index is 0.0507. The normalized spacial score (nSPS) is 29.5. The number of rotatable bonds is 3. The van der Waals surface area contributed by atoms with E-state index < -0.39 is 0 Å². The van der Waals surface area contributed by atoms with Crippen molar-refractivity contribution in [3.63, 3.8) is 0 Å². The smallest absolute Gasteiger partial charge is 0.270 e. The minimum Gasteiger partial charge on any atom is -0.346 e. The van der Waals surface area contributed by atoms with Gasteiger partial charge in [0.15, 0.2) is 0 Å². The molecule has 18 heavy (non-hydrogen) atoms. The molecule has 0 saturated carbocycles. The van der Waals surface area contributed by atoms with Crippen molar-refractivity contribution in [2.24, 2.45) is 0 Å². The molecule has 0 radical (unpaired) electrons. The molecule has 0 aromatic carbocycles. The number of fused-ring (bicyclic) bond motifs is 2. The zero-order valence-corrected chi connectivity index (χ0v) is 11.2. The van der Waals surface area contributed by atoms with Crippen LogP contribution in [0.5, 0.6) is 0 Å². The van der Waals surface area contributed by atoms with Gasteiger partial charge >= 0.3 is 0 Å². The highest BCUT2D eigenvalue weighted by Crippen LogP contribution is 2.28. The number of carbonyl (C=O) groups is 1. The lowest BCUT2D eigenvalue weighted by molar-refractivity contribution is 0.0925. The average Bonchev–Trinajstić information content (AvgIpc) is 3.01. The maximum absolute atomic E-state index is 12.1. The average molecular weight is 263 g/mol. The van der Waals surface area contributed by atoms with Crippen molar-refractivity contribution in [2.45, 2.75) is 42.3 Å². The third kappa shape index (κ3) is 2.24. The third-order valence-corrected chi connectivity index (χ3v) is 4.54. The lowest BCUT2D eigenvalue weighted by atomic mass is 9.95. The van der Waals surface area contributed by atoms with Crippen molar-refractivity contribution in [2.75, 3.05) is 6.26 Å². The van der Waals surface area contributed by atoms with Crippen molar-refractivity contribution in [3.8, 4) is 0 Å². The fraction of sp³-hybridized carbons (Fsp3) is 0.538. The number of thioether (sulfide) groups is 1. The first kappa shape index (κ1) is 12.0. The monoisotopic (exact) mass is 263 g/mol. The van der Waals surface area contributed by atoms with Crippen LogP contribution in [0, 0.1) is 0 Å². The van der Waals surface area contributed by atoms with E-state index in [-0.39, 0.29) is 11.9 Å². The molecule has 4 nitrogen and oxygen atoms in total. The summed E-state index contributed by atoms with van der Waals surface area (Å²) < 4.78 is 0. The van der Waals surface area contributed by atoms with Crippen LogP contribution in [0.1, 0.15) is 29.8 Å². The van der Waals surface area contributed by atoms with Crippen LogP contribution in [0.15, 0.2) is 23.2 Å². The fourth-order valence-corrected chi connectivity index (χ4v) is 3.31. The van der Waals surface area contributed by atoms with E-state index >= 15 is 0 Å². The SMILES string of the molecule is CSc1ccnc(C(=O)NC2CC3CCC2N3)c1. The van der Waals surface area contributed by atoms with Crippen LogP contribution >= 0.6 is 11.8 Å². The summed E-state index contributed by atoms with van der Waals surface area (Å²) >= 11 is 1.62. The van der Waals surface area contributed by atoms with E-state index in [4.69, 9.17) is 0 Å². The van der Waals surface area contributed by atoms with Gasteiger partial charge < -0.3 is 10.6 Å². The fourth-order valence-electron chi connectivity index (χ4n) is 2.89. The predicted molar refractivity (Wildman–Crippen MR) is 71.8 cm³/mol. The Hall–Kier alpha value is -1.07. The van der Waals surface area contributed by atoms with E-state index in [2.05, 4.69) is 15.6 Å². The molecule has 3 heterocycles. The number of aromatic nitrogens is 1. The molecule has 2 saturated heterocycles. The maximum Gasteiger partial charge on any atom is 0.270 e. The highest BCUT2D eigenvalue weighted by atomic mass is 32.2. The van der Waals surface area contributed by atoms with E-state index in [1.54, 1.807) is 18.0 Å². The van der Waals surface area contributed by atoms with Crippen LogP contribution in [-0.2, 0) is 0 Å². The summed E-state index contributed by atoms with van der Waals surface area (Å²) in [6, 6.07) is 5.10.